The molecule has 3 aromatic rings. The van der Waals surface area contributed by atoms with Gasteiger partial charge in [0.1, 0.15) is 35.6 Å². The Morgan fingerprint density at radius 3 is 2.42 bits per heavy atom. The lowest BCUT2D eigenvalue weighted by molar-refractivity contribution is -0.384. The number of carbonyl (C=O) groups is 2. The van der Waals surface area contributed by atoms with Crippen LogP contribution in [0.5, 0.6) is 23.0 Å². The number of unbranched alkanes of at least 4 members (excludes halogenated alkanes) is 2. The number of carbonyl (C=O) groups excluding carboxylic acids is 2. The van der Waals surface area contributed by atoms with E-state index in [-0.39, 0.29) is 82.7 Å². The van der Waals surface area contributed by atoms with Gasteiger partial charge in [-0.05, 0) is 110 Å². The van der Waals surface area contributed by atoms with Crippen LogP contribution in [0, 0.1) is 27.9 Å². The number of benzene rings is 3. The highest BCUT2D eigenvalue weighted by molar-refractivity contribution is 6.03. The van der Waals surface area contributed by atoms with Crippen LogP contribution in [-0.4, -0.2) is 115 Å². The van der Waals surface area contributed by atoms with E-state index in [2.05, 4.69) is 12.7 Å². The zero-order valence-corrected chi connectivity index (χ0v) is 37.6. The zero-order valence-electron chi connectivity index (χ0n) is 37.6. The van der Waals surface area contributed by atoms with Gasteiger partial charge in [0, 0.05) is 55.9 Å². The first-order valence-electron chi connectivity index (χ1n) is 22.6. The molecule has 3 aromatic carbocycles. The van der Waals surface area contributed by atoms with Crippen molar-refractivity contribution in [2.75, 3.05) is 59.9 Å². The van der Waals surface area contributed by atoms with E-state index in [9.17, 15) is 35.0 Å². The lowest BCUT2D eigenvalue weighted by atomic mass is 9.55. The zero-order chi connectivity index (χ0) is 47.1. The van der Waals surface area contributed by atoms with Crippen molar-refractivity contribution in [1.29, 1.82) is 0 Å². The van der Waals surface area contributed by atoms with Gasteiger partial charge >= 0.3 is 0 Å². The molecule has 6 rings (SSSR count). The molecule has 3 N–H and O–H groups in total. The van der Waals surface area contributed by atoms with E-state index >= 15 is 0 Å². The van der Waals surface area contributed by atoms with Crippen molar-refractivity contribution in [3.8, 4) is 23.0 Å². The average Bonchev–Trinajstić information content (AvgIpc) is 3.33. The molecule has 0 radical (unpaired) electrons. The van der Waals surface area contributed by atoms with E-state index in [1.165, 1.54) is 25.3 Å². The Balaban J connectivity index is 1.56. The fourth-order valence-electron chi connectivity index (χ4n) is 9.58. The maximum absolute atomic E-state index is 14.8. The van der Waals surface area contributed by atoms with Crippen molar-refractivity contribution < 1.29 is 58.4 Å². The molecule has 0 unspecified atom stereocenters. The number of nitro benzene ring substituents is 1. The minimum absolute atomic E-state index is 0.00603. The molecule has 1 heterocycles. The van der Waals surface area contributed by atoms with Crippen LogP contribution in [0.3, 0.4) is 0 Å². The highest BCUT2D eigenvalue weighted by Gasteiger charge is 2.65. The molecule has 16 nitrogen and oxygen atoms in total. The normalized spacial score (nSPS) is 22.4. The second kappa shape index (κ2) is 24.0. The summed E-state index contributed by atoms with van der Waals surface area (Å²) >= 11 is 0. The number of aldehydes is 1. The topological polar surface area (TPSA) is 209 Å². The molecule has 3 aliphatic rings. The number of oxime groups is 1. The fourth-order valence-corrected chi connectivity index (χ4v) is 9.58. The largest absolute Gasteiger partial charge is 0.496 e. The van der Waals surface area contributed by atoms with E-state index in [4.69, 9.17) is 33.7 Å². The monoisotopic (exact) mass is 911 g/mol. The molecule has 0 aromatic heterocycles. The number of fused-ring (bicyclic) bond motifs is 2. The number of ether oxygens (including phenoxy) is 5. The van der Waals surface area contributed by atoms with E-state index in [1.54, 1.807) is 53.5 Å². The van der Waals surface area contributed by atoms with Crippen LogP contribution < -0.4 is 14.2 Å². The van der Waals surface area contributed by atoms with Gasteiger partial charge in [-0.2, -0.15) is 0 Å². The van der Waals surface area contributed by atoms with Crippen LogP contribution in [-0.2, 0) is 19.1 Å². The van der Waals surface area contributed by atoms with Gasteiger partial charge in [0.25, 0.3) is 5.69 Å². The number of nitrogens with zero attached hydrogens (tertiary/aromatic N) is 3. The molecule has 1 aliphatic heterocycles. The first-order valence-corrected chi connectivity index (χ1v) is 22.6. The van der Waals surface area contributed by atoms with Crippen LogP contribution in [0.1, 0.15) is 79.3 Å². The molecule has 1 fully saturated rings. The van der Waals surface area contributed by atoms with E-state index in [0.29, 0.717) is 59.0 Å². The van der Waals surface area contributed by atoms with E-state index < -0.39 is 28.6 Å². The Morgan fingerprint density at radius 1 is 1.00 bits per heavy atom. The minimum Gasteiger partial charge on any atom is -0.496 e. The van der Waals surface area contributed by atoms with Gasteiger partial charge in [-0.15, -0.1) is 6.58 Å². The minimum atomic E-state index is -1.56. The molecule has 66 heavy (non-hydrogen) atoms. The molecule has 2 aliphatic carbocycles. The number of non-ortho nitro benzene ring substituents is 1. The van der Waals surface area contributed by atoms with E-state index in [1.807, 2.05) is 19.1 Å². The number of allylic oxidation sites excluding steroid dienone is 1. The maximum atomic E-state index is 14.8. The second-order valence-electron chi connectivity index (χ2n) is 16.4. The number of methoxy groups -OCH3 is 1. The Bertz CT molecular complexity index is 2230. The van der Waals surface area contributed by atoms with Crippen molar-refractivity contribution in [3.63, 3.8) is 0 Å². The number of hydrogen-bond donors (Lipinski definition) is 3. The lowest BCUT2D eigenvalue weighted by Gasteiger charge is -2.60. The fraction of sp³-hybridized carbons (Fsp3) is 0.460. The molecule has 0 bridgehead atoms. The maximum Gasteiger partial charge on any atom is 0.269 e. The summed E-state index contributed by atoms with van der Waals surface area (Å²) in [7, 11) is 1.49. The summed E-state index contributed by atoms with van der Waals surface area (Å²) in [5.74, 6) is -1.13. The van der Waals surface area contributed by atoms with Gasteiger partial charge in [-0.25, -0.2) is 0 Å². The molecule has 1 saturated carbocycles. The van der Waals surface area contributed by atoms with Crippen LogP contribution in [0.15, 0.2) is 96.2 Å². The van der Waals surface area contributed by atoms with Crippen molar-refractivity contribution in [2.24, 2.45) is 22.9 Å². The number of aliphatic hydroxyl groups is 3. The Labute approximate surface area is 385 Å². The second-order valence-corrected chi connectivity index (χ2v) is 16.4. The summed E-state index contributed by atoms with van der Waals surface area (Å²) < 4.78 is 31.9. The summed E-state index contributed by atoms with van der Waals surface area (Å²) in [6.45, 7) is 6.21. The summed E-state index contributed by atoms with van der Waals surface area (Å²) in [5.41, 5.74) is 3.12. The molecule has 6 atom stereocenters. The van der Waals surface area contributed by atoms with Crippen LogP contribution in [0.25, 0.3) is 6.08 Å². The Hall–Kier alpha value is -5.91. The van der Waals surface area contributed by atoms with Crippen LogP contribution in [0.4, 0.5) is 5.69 Å². The smallest absolute Gasteiger partial charge is 0.269 e. The summed E-state index contributed by atoms with van der Waals surface area (Å²) in [4.78, 5) is 45.1. The van der Waals surface area contributed by atoms with Crippen molar-refractivity contribution >= 4 is 29.7 Å². The predicted molar refractivity (Wildman–Crippen MR) is 247 cm³/mol. The number of rotatable bonds is 26. The van der Waals surface area contributed by atoms with E-state index in [0.717, 1.165) is 36.8 Å². The number of amides is 1. The molecule has 0 spiro atoms. The molecule has 354 valence electrons. The van der Waals surface area contributed by atoms with Gasteiger partial charge in [0.15, 0.2) is 6.29 Å². The highest BCUT2D eigenvalue weighted by Crippen LogP contribution is 2.62. The Morgan fingerprint density at radius 2 is 1.74 bits per heavy atom. The number of nitro groups is 1. The molecular weight excluding hydrogens is 851 g/mol. The van der Waals surface area contributed by atoms with Gasteiger partial charge in [-0.3, -0.25) is 19.7 Å². The quantitative estimate of drug-likeness (QED) is 0.0179. The third kappa shape index (κ3) is 11.4. The van der Waals surface area contributed by atoms with Crippen molar-refractivity contribution in [1.82, 2.24) is 4.90 Å². The third-order valence-corrected chi connectivity index (χ3v) is 12.4. The first-order chi connectivity index (χ1) is 32.2. The number of hydrogen-bond acceptors (Lipinski definition) is 14. The van der Waals surface area contributed by atoms with Gasteiger partial charge in [0.05, 0.1) is 55.7 Å². The average molecular weight is 912 g/mol. The number of aliphatic hydroxyl groups excluding tert-OH is 3. The van der Waals surface area contributed by atoms with Gasteiger partial charge < -0.3 is 48.7 Å². The highest BCUT2D eigenvalue weighted by atomic mass is 16.7. The summed E-state index contributed by atoms with van der Waals surface area (Å²) in [6, 6.07) is 15.6. The van der Waals surface area contributed by atoms with Crippen molar-refractivity contribution in [2.45, 2.75) is 69.6 Å². The molecule has 1 amide bonds. The van der Waals surface area contributed by atoms with Crippen LogP contribution in [0.2, 0.25) is 0 Å². The van der Waals surface area contributed by atoms with Crippen molar-refractivity contribution in [3.05, 3.63) is 118 Å². The molecule has 16 heteroatoms. The van der Waals surface area contributed by atoms with Gasteiger partial charge in [-0.1, -0.05) is 30.1 Å². The lowest BCUT2D eigenvalue weighted by Crippen LogP contribution is -2.70. The first kappa shape index (κ1) is 49.5. The standard InChI is InChI=1S/C50H61N3O13/c1-4-26-63-50-46(52(22-27-62-28-25-56)47(58)21-14-34-12-15-37(16-13-34)53(59)60)32-43(51-64-5-2)41-30-35(10-6-8-23-54)40(11-7-9-24-55)48(49(41)50)42-31-39(18-20-45(42)66-50)65-38-17-19-44(61-3)36(29-38)33-57/h4,12-21,29-31,33,35,40,46,48-49,54-56H,1,5-11,22-28,32H2,2-3H3/t35-,40+,46-,48+,49+,50+/m0/s1. The molecular formula is C50H61N3O13. The van der Waals surface area contributed by atoms with Crippen LogP contribution >= 0.6 is 0 Å². The third-order valence-electron chi connectivity index (χ3n) is 12.4. The Kier molecular flexibility index (Phi) is 18.0. The summed E-state index contributed by atoms with van der Waals surface area (Å²) in [5, 5.41) is 45.6. The summed E-state index contributed by atoms with van der Waals surface area (Å²) in [6.07, 6.45) is 11.9. The predicted octanol–water partition coefficient (Wildman–Crippen LogP) is 7.41. The SMILES string of the molecule is C=CCO[C@@]12Oc3ccc(Oc4ccc(OC)c(C=O)c4)cc3[C@H]3[C@H](CCCCO)[C@@H](CCCCO)C=C(C(=NOCC)C[C@@H]1N(CCOCCO)C(=O)C=Cc1ccc([N+](=O)[O-])cc1)[C@H]32. The van der Waals surface area contributed by atoms with Gasteiger partial charge in [0.2, 0.25) is 11.7 Å². The molecule has 0 saturated heterocycles.